The van der Waals surface area contributed by atoms with Crippen molar-refractivity contribution in [1.29, 1.82) is 0 Å². The molecule has 21 heavy (non-hydrogen) atoms. The van der Waals surface area contributed by atoms with Gasteiger partial charge in [0, 0.05) is 49.5 Å². The topological polar surface area (TPSA) is 19.4 Å². The summed E-state index contributed by atoms with van der Waals surface area (Å²) in [7, 11) is 0. The second-order valence-electron chi connectivity index (χ2n) is 6.11. The molecule has 0 radical (unpaired) electrons. The lowest BCUT2D eigenvalue weighted by molar-refractivity contribution is 0.271. The predicted octanol–water partition coefficient (Wildman–Crippen LogP) is 2.99. The average molecular weight is 279 g/mol. The van der Waals surface area contributed by atoms with Crippen molar-refractivity contribution in [3.63, 3.8) is 0 Å². The molecule has 0 aliphatic carbocycles. The van der Waals surface area contributed by atoms with E-state index in [1.165, 1.54) is 23.1 Å². The molecule has 2 aliphatic rings. The molecule has 0 N–H and O–H groups in total. The van der Waals surface area contributed by atoms with Gasteiger partial charge >= 0.3 is 0 Å². The number of pyridine rings is 1. The molecule has 1 fully saturated rings. The molecule has 108 valence electrons. The molecule has 1 saturated heterocycles. The Balaban J connectivity index is 1.64. The lowest BCUT2D eigenvalue weighted by atomic mass is 10.1. The Morgan fingerprint density at radius 2 is 2.00 bits per heavy atom. The monoisotopic (exact) mass is 279 g/mol. The number of para-hydroxylation sites is 1. The van der Waals surface area contributed by atoms with Crippen molar-refractivity contribution in [3.05, 3.63) is 48.2 Å². The lowest BCUT2D eigenvalue weighted by Crippen LogP contribution is -2.35. The van der Waals surface area contributed by atoms with Crippen molar-refractivity contribution in [3.8, 4) is 0 Å². The normalized spacial score (nSPS) is 22.5. The highest BCUT2D eigenvalue weighted by molar-refractivity contribution is 5.93. The first-order chi connectivity index (χ1) is 10.3. The second-order valence-corrected chi connectivity index (χ2v) is 6.11. The highest BCUT2D eigenvalue weighted by Gasteiger charge is 2.28. The van der Waals surface area contributed by atoms with Gasteiger partial charge in [-0.15, -0.1) is 0 Å². The molecule has 1 atom stereocenters. The zero-order chi connectivity index (χ0) is 14.2. The van der Waals surface area contributed by atoms with Crippen LogP contribution in [0, 0.1) is 6.92 Å². The van der Waals surface area contributed by atoms with Gasteiger partial charge in [-0.2, -0.15) is 0 Å². The van der Waals surface area contributed by atoms with E-state index < -0.39 is 0 Å². The number of nitrogens with zero attached hydrogens (tertiary/aromatic N) is 3. The molecular formula is C18H21N3. The summed E-state index contributed by atoms with van der Waals surface area (Å²) in [6, 6.07) is 9.35. The summed E-state index contributed by atoms with van der Waals surface area (Å²) in [6.07, 6.45) is 7.79. The van der Waals surface area contributed by atoms with Crippen molar-refractivity contribution in [1.82, 2.24) is 9.88 Å². The first-order valence-corrected chi connectivity index (χ1v) is 7.81. The van der Waals surface area contributed by atoms with Crippen molar-refractivity contribution in [2.45, 2.75) is 19.4 Å². The third-order valence-electron chi connectivity index (χ3n) is 4.82. The highest BCUT2D eigenvalue weighted by atomic mass is 15.3. The number of fused-ring (bicyclic) bond motifs is 1. The minimum atomic E-state index is 0.688. The van der Waals surface area contributed by atoms with E-state index in [-0.39, 0.29) is 0 Å². The zero-order valence-electron chi connectivity index (χ0n) is 12.5. The van der Waals surface area contributed by atoms with Gasteiger partial charge in [-0.05, 0) is 25.0 Å². The molecule has 1 aromatic heterocycles. The van der Waals surface area contributed by atoms with E-state index >= 15 is 0 Å². The molecule has 0 saturated carbocycles. The molecule has 3 nitrogen and oxygen atoms in total. The number of hydrogen-bond acceptors (Lipinski definition) is 3. The fraction of sp³-hybridized carbons (Fsp3) is 0.389. The van der Waals surface area contributed by atoms with Gasteiger partial charge in [0.25, 0.3) is 0 Å². The van der Waals surface area contributed by atoms with E-state index in [0.29, 0.717) is 6.04 Å². The van der Waals surface area contributed by atoms with Crippen molar-refractivity contribution in [2.75, 3.05) is 31.1 Å². The van der Waals surface area contributed by atoms with Crippen LogP contribution in [0.4, 0.5) is 5.69 Å². The third-order valence-corrected chi connectivity index (χ3v) is 4.82. The van der Waals surface area contributed by atoms with Gasteiger partial charge in [-0.1, -0.05) is 30.4 Å². The maximum atomic E-state index is 4.56. The third kappa shape index (κ3) is 2.22. The Kier molecular flexibility index (Phi) is 3.15. The van der Waals surface area contributed by atoms with E-state index in [2.05, 4.69) is 58.1 Å². The standard InChI is InChI=1S/C18H21N3/c1-14-5-4-6-16-17(7-9-19-18(14)16)21-12-8-15(13-21)20-10-2-3-11-20/h2-7,9,15H,8,10-13H2,1H3. The quantitative estimate of drug-likeness (QED) is 0.788. The number of hydrogen-bond donors (Lipinski definition) is 0. The summed E-state index contributed by atoms with van der Waals surface area (Å²) in [6.45, 7) is 6.66. The Labute approximate surface area is 125 Å². The molecule has 0 amide bonds. The number of rotatable bonds is 2. The van der Waals surface area contributed by atoms with Crippen LogP contribution in [0.25, 0.3) is 10.9 Å². The minimum Gasteiger partial charge on any atom is -0.369 e. The minimum absolute atomic E-state index is 0.688. The molecule has 4 rings (SSSR count). The van der Waals surface area contributed by atoms with Crippen LogP contribution in [0.3, 0.4) is 0 Å². The second kappa shape index (κ2) is 5.15. The fourth-order valence-electron chi connectivity index (χ4n) is 3.64. The number of aryl methyl sites for hydroxylation is 1. The van der Waals surface area contributed by atoms with E-state index in [9.17, 15) is 0 Å². The summed E-state index contributed by atoms with van der Waals surface area (Å²) >= 11 is 0. The summed E-state index contributed by atoms with van der Waals surface area (Å²) in [5.41, 5.74) is 3.74. The molecule has 3 heterocycles. The van der Waals surface area contributed by atoms with Gasteiger partial charge in [0.15, 0.2) is 0 Å². The van der Waals surface area contributed by atoms with Crippen LogP contribution < -0.4 is 4.90 Å². The summed E-state index contributed by atoms with van der Waals surface area (Å²) in [5.74, 6) is 0. The van der Waals surface area contributed by atoms with Crippen LogP contribution in [0.1, 0.15) is 12.0 Å². The molecule has 1 unspecified atom stereocenters. The van der Waals surface area contributed by atoms with Crippen LogP contribution >= 0.6 is 0 Å². The molecule has 3 heteroatoms. The van der Waals surface area contributed by atoms with Crippen LogP contribution in [-0.2, 0) is 0 Å². The van der Waals surface area contributed by atoms with Gasteiger partial charge in [-0.25, -0.2) is 0 Å². The van der Waals surface area contributed by atoms with Crippen LogP contribution in [0.5, 0.6) is 0 Å². The Morgan fingerprint density at radius 1 is 1.14 bits per heavy atom. The smallest absolute Gasteiger partial charge is 0.0751 e. The van der Waals surface area contributed by atoms with Crippen molar-refractivity contribution in [2.24, 2.45) is 0 Å². The van der Waals surface area contributed by atoms with Crippen molar-refractivity contribution < 1.29 is 0 Å². The van der Waals surface area contributed by atoms with Gasteiger partial charge in [0.1, 0.15) is 0 Å². The highest BCUT2D eigenvalue weighted by Crippen LogP contribution is 2.30. The largest absolute Gasteiger partial charge is 0.369 e. The van der Waals surface area contributed by atoms with E-state index in [1.807, 2.05) is 6.20 Å². The molecule has 2 aliphatic heterocycles. The van der Waals surface area contributed by atoms with E-state index in [4.69, 9.17) is 0 Å². The SMILES string of the molecule is Cc1cccc2c(N3CCC(N4CC=CC4)C3)ccnc12. The van der Waals surface area contributed by atoms with Gasteiger partial charge in [-0.3, -0.25) is 9.88 Å². The fourth-order valence-corrected chi connectivity index (χ4v) is 3.64. The number of benzene rings is 1. The van der Waals surface area contributed by atoms with Crippen LogP contribution in [0.2, 0.25) is 0 Å². The Bertz CT molecular complexity index is 684. The average Bonchev–Trinajstić information content (AvgIpc) is 3.18. The predicted molar refractivity (Wildman–Crippen MR) is 87.8 cm³/mol. The molecular weight excluding hydrogens is 258 g/mol. The Hall–Kier alpha value is -1.87. The lowest BCUT2D eigenvalue weighted by Gasteiger charge is -2.25. The van der Waals surface area contributed by atoms with Crippen molar-refractivity contribution >= 4 is 16.6 Å². The molecule has 2 aromatic rings. The zero-order valence-corrected chi connectivity index (χ0v) is 12.5. The maximum Gasteiger partial charge on any atom is 0.0751 e. The van der Waals surface area contributed by atoms with Gasteiger partial charge in [0.05, 0.1) is 5.52 Å². The van der Waals surface area contributed by atoms with Gasteiger partial charge < -0.3 is 4.90 Å². The first kappa shape index (κ1) is 12.8. The number of aromatic nitrogens is 1. The Morgan fingerprint density at radius 3 is 2.86 bits per heavy atom. The molecule has 0 spiro atoms. The van der Waals surface area contributed by atoms with Gasteiger partial charge in [0.2, 0.25) is 0 Å². The summed E-state index contributed by atoms with van der Waals surface area (Å²) in [5, 5.41) is 1.29. The van der Waals surface area contributed by atoms with E-state index in [0.717, 1.165) is 31.7 Å². The number of anilines is 1. The molecule has 1 aromatic carbocycles. The summed E-state index contributed by atoms with van der Waals surface area (Å²) in [4.78, 5) is 9.67. The van der Waals surface area contributed by atoms with Crippen LogP contribution in [0.15, 0.2) is 42.6 Å². The maximum absolute atomic E-state index is 4.56. The summed E-state index contributed by atoms with van der Waals surface area (Å²) < 4.78 is 0. The molecule has 0 bridgehead atoms. The van der Waals surface area contributed by atoms with E-state index in [1.54, 1.807) is 0 Å². The van der Waals surface area contributed by atoms with Crippen LogP contribution in [-0.4, -0.2) is 42.1 Å². The first-order valence-electron chi connectivity index (χ1n) is 7.81.